The molecule has 0 aliphatic heterocycles. The average molecular weight is 263 g/mol. The zero-order valence-corrected chi connectivity index (χ0v) is 10.7. The summed E-state index contributed by atoms with van der Waals surface area (Å²) in [7, 11) is 0. The second-order valence-electron chi connectivity index (χ2n) is 4.45. The van der Waals surface area contributed by atoms with Crippen molar-refractivity contribution in [2.24, 2.45) is 10.2 Å². The Balaban J connectivity index is 1.98. The van der Waals surface area contributed by atoms with Gasteiger partial charge in [-0.2, -0.15) is 5.11 Å². The Hall–Kier alpha value is -2.88. The van der Waals surface area contributed by atoms with Crippen LogP contribution in [0.15, 0.2) is 70.9 Å². The first-order chi connectivity index (χ1) is 9.74. The fraction of sp³-hybridized carbons (Fsp3) is 0. The van der Waals surface area contributed by atoms with E-state index in [0.717, 1.165) is 10.8 Å². The van der Waals surface area contributed by atoms with Crippen molar-refractivity contribution in [2.75, 3.05) is 5.73 Å². The van der Waals surface area contributed by atoms with Gasteiger partial charge in [0.05, 0.1) is 5.69 Å². The van der Waals surface area contributed by atoms with E-state index in [-0.39, 0.29) is 5.75 Å². The van der Waals surface area contributed by atoms with Gasteiger partial charge in [0.25, 0.3) is 0 Å². The smallest absolute Gasteiger partial charge is 0.150 e. The molecule has 0 aliphatic rings. The highest BCUT2D eigenvalue weighted by Gasteiger charge is 2.04. The van der Waals surface area contributed by atoms with Crippen LogP contribution in [0.25, 0.3) is 10.8 Å². The van der Waals surface area contributed by atoms with Crippen LogP contribution < -0.4 is 5.73 Å². The van der Waals surface area contributed by atoms with Gasteiger partial charge >= 0.3 is 0 Å². The van der Waals surface area contributed by atoms with Gasteiger partial charge in [-0.25, -0.2) is 0 Å². The van der Waals surface area contributed by atoms with Crippen molar-refractivity contribution in [2.45, 2.75) is 0 Å². The molecule has 98 valence electrons. The Labute approximate surface area is 116 Å². The number of azo groups is 1. The van der Waals surface area contributed by atoms with E-state index in [2.05, 4.69) is 10.2 Å². The number of phenolic OH excluding ortho intramolecular Hbond substituents is 1. The molecule has 0 aliphatic carbocycles. The quantitative estimate of drug-likeness (QED) is 0.526. The van der Waals surface area contributed by atoms with Crippen LogP contribution >= 0.6 is 0 Å². The maximum atomic E-state index is 10.2. The van der Waals surface area contributed by atoms with E-state index < -0.39 is 0 Å². The van der Waals surface area contributed by atoms with Crippen LogP contribution in [0.3, 0.4) is 0 Å². The second kappa shape index (κ2) is 5.01. The maximum absolute atomic E-state index is 10.2. The fourth-order valence-corrected chi connectivity index (χ4v) is 1.98. The Bertz CT molecular complexity index is 779. The molecular formula is C16H13N3O. The second-order valence-corrected chi connectivity index (χ2v) is 4.45. The van der Waals surface area contributed by atoms with Crippen molar-refractivity contribution in [3.63, 3.8) is 0 Å². The number of nitrogens with two attached hydrogens (primary N) is 1. The molecule has 3 aromatic rings. The number of nitrogens with zero attached hydrogens (tertiary/aromatic N) is 2. The van der Waals surface area contributed by atoms with E-state index in [4.69, 9.17) is 5.73 Å². The number of aromatic hydroxyl groups is 1. The third-order valence-electron chi connectivity index (χ3n) is 3.05. The van der Waals surface area contributed by atoms with Gasteiger partial charge in [0, 0.05) is 11.1 Å². The van der Waals surface area contributed by atoms with Gasteiger partial charge in [-0.15, -0.1) is 5.11 Å². The van der Waals surface area contributed by atoms with Gasteiger partial charge in [-0.1, -0.05) is 30.3 Å². The fourth-order valence-electron chi connectivity index (χ4n) is 1.98. The molecular weight excluding hydrogens is 250 g/mol. The largest absolute Gasteiger partial charge is 0.505 e. The lowest BCUT2D eigenvalue weighted by atomic mass is 10.1. The minimum atomic E-state index is 0.141. The molecule has 0 spiro atoms. The van der Waals surface area contributed by atoms with Crippen molar-refractivity contribution in [1.82, 2.24) is 0 Å². The lowest BCUT2D eigenvalue weighted by Crippen LogP contribution is -1.80. The van der Waals surface area contributed by atoms with Gasteiger partial charge in [0.2, 0.25) is 0 Å². The lowest BCUT2D eigenvalue weighted by molar-refractivity contribution is 0.482. The van der Waals surface area contributed by atoms with Crippen LogP contribution in [0.2, 0.25) is 0 Å². The van der Waals surface area contributed by atoms with Crippen LogP contribution in [0.4, 0.5) is 17.1 Å². The summed E-state index contributed by atoms with van der Waals surface area (Å²) in [5.74, 6) is 0.141. The molecule has 0 atom stereocenters. The van der Waals surface area contributed by atoms with Crippen LogP contribution in [0.5, 0.6) is 5.75 Å². The van der Waals surface area contributed by atoms with Crippen molar-refractivity contribution >= 4 is 27.8 Å². The molecule has 0 unspecified atom stereocenters. The van der Waals surface area contributed by atoms with Crippen LogP contribution in [0.1, 0.15) is 0 Å². The number of hydrogen-bond acceptors (Lipinski definition) is 4. The van der Waals surface area contributed by atoms with Crippen molar-refractivity contribution in [3.05, 3.63) is 60.7 Å². The number of nitrogen functional groups attached to an aromatic ring is 1. The Morgan fingerprint density at radius 1 is 0.800 bits per heavy atom. The van der Waals surface area contributed by atoms with Crippen molar-refractivity contribution in [1.29, 1.82) is 0 Å². The number of benzene rings is 3. The third-order valence-corrected chi connectivity index (χ3v) is 3.05. The molecule has 0 aromatic heterocycles. The number of rotatable bonds is 2. The first-order valence-electron chi connectivity index (χ1n) is 6.22. The number of hydrogen-bond donors (Lipinski definition) is 2. The minimum absolute atomic E-state index is 0.141. The van der Waals surface area contributed by atoms with Crippen LogP contribution in [-0.4, -0.2) is 5.11 Å². The molecule has 0 amide bonds. The summed E-state index contributed by atoms with van der Waals surface area (Å²) in [5.41, 5.74) is 7.42. The zero-order valence-electron chi connectivity index (χ0n) is 10.7. The maximum Gasteiger partial charge on any atom is 0.150 e. The highest BCUT2D eigenvalue weighted by atomic mass is 16.3. The highest BCUT2D eigenvalue weighted by Crippen LogP contribution is 2.35. The summed E-state index contributed by atoms with van der Waals surface area (Å²) in [5, 5.41) is 20.1. The minimum Gasteiger partial charge on any atom is -0.505 e. The van der Waals surface area contributed by atoms with Gasteiger partial charge in [0.15, 0.2) is 5.75 Å². The van der Waals surface area contributed by atoms with Crippen LogP contribution in [0, 0.1) is 0 Å². The van der Waals surface area contributed by atoms with E-state index in [1.54, 1.807) is 30.3 Å². The first-order valence-corrected chi connectivity index (χ1v) is 6.22. The highest BCUT2D eigenvalue weighted by molar-refractivity contribution is 5.92. The average Bonchev–Trinajstić information content (AvgIpc) is 2.49. The molecule has 0 heterocycles. The van der Waals surface area contributed by atoms with Gasteiger partial charge < -0.3 is 10.8 Å². The van der Waals surface area contributed by atoms with Crippen molar-refractivity contribution < 1.29 is 5.11 Å². The van der Waals surface area contributed by atoms with E-state index in [0.29, 0.717) is 17.1 Å². The third kappa shape index (κ3) is 2.31. The summed E-state index contributed by atoms with van der Waals surface area (Å²) in [6, 6.07) is 18.3. The molecule has 4 nitrogen and oxygen atoms in total. The van der Waals surface area contributed by atoms with Crippen molar-refractivity contribution in [3.8, 4) is 5.75 Å². The molecule has 4 heteroatoms. The van der Waals surface area contributed by atoms with E-state index in [9.17, 15) is 5.11 Å². The molecule has 0 radical (unpaired) electrons. The summed E-state index contributed by atoms with van der Waals surface area (Å²) < 4.78 is 0. The molecule has 0 bridgehead atoms. The summed E-state index contributed by atoms with van der Waals surface area (Å²) >= 11 is 0. The van der Waals surface area contributed by atoms with Gasteiger partial charge in [-0.05, 0) is 35.7 Å². The normalized spacial score (nSPS) is 11.2. The molecule has 0 saturated carbocycles. The molecule has 3 N–H and O–H groups in total. The predicted molar refractivity (Wildman–Crippen MR) is 80.6 cm³/mol. The number of phenols is 1. The zero-order chi connectivity index (χ0) is 13.9. The Morgan fingerprint density at radius 2 is 1.55 bits per heavy atom. The summed E-state index contributed by atoms with van der Waals surface area (Å²) in [4.78, 5) is 0. The topological polar surface area (TPSA) is 71.0 Å². The monoisotopic (exact) mass is 263 g/mol. The van der Waals surface area contributed by atoms with Gasteiger partial charge in [0.1, 0.15) is 5.69 Å². The molecule has 3 rings (SSSR count). The predicted octanol–water partition coefficient (Wildman–Crippen LogP) is 4.54. The SMILES string of the molecule is Nc1ccc(N=Nc2ccc3ccccc3c2O)cc1. The molecule has 0 saturated heterocycles. The van der Waals surface area contributed by atoms with E-state index >= 15 is 0 Å². The Kier molecular flexibility index (Phi) is 3.05. The summed E-state index contributed by atoms with van der Waals surface area (Å²) in [6.45, 7) is 0. The van der Waals surface area contributed by atoms with E-state index in [1.807, 2.05) is 30.3 Å². The van der Waals surface area contributed by atoms with Gasteiger partial charge in [-0.3, -0.25) is 0 Å². The Morgan fingerprint density at radius 3 is 2.35 bits per heavy atom. The van der Waals surface area contributed by atoms with E-state index in [1.165, 1.54) is 0 Å². The molecule has 20 heavy (non-hydrogen) atoms. The summed E-state index contributed by atoms with van der Waals surface area (Å²) in [6.07, 6.45) is 0. The molecule has 3 aromatic carbocycles. The first kappa shape index (κ1) is 12.2. The van der Waals surface area contributed by atoms with Crippen LogP contribution in [-0.2, 0) is 0 Å². The molecule has 0 fully saturated rings. The standard InChI is InChI=1S/C16H13N3O/c17-12-6-8-13(9-7-12)18-19-15-10-5-11-3-1-2-4-14(11)16(15)20/h1-10,20H,17H2. The lowest BCUT2D eigenvalue weighted by Gasteiger charge is -2.03. The number of fused-ring (bicyclic) bond motifs is 1. The number of anilines is 1.